The average Bonchev–Trinajstić information content (AvgIpc) is 3.14. The van der Waals surface area contributed by atoms with E-state index in [9.17, 15) is 4.39 Å². The molecule has 3 heterocycles. The second kappa shape index (κ2) is 5.24. The highest BCUT2D eigenvalue weighted by atomic mass is 19.1. The molecule has 2 aromatic rings. The summed E-state index contributed by atoms with van der Waals surface area (Å²) in [5, 5.41) is 3.44. The van der Waals surface area contributed by atoms with Gasteiger partial charge in [-0.25, -0.2) is 9.37 Å². The fourth-order valence-electron chi connectivity index (χ4n) is 3.44. The molecule has 2 atom stereocenters. The second-order valence-corrected chi connectivity index (χ2v) is 6.03. The molecule has 0 saturated carbocycles. The van der Waals surface area contributed by atoms with Crippen molar-refractivity contribution in [2.75, 3.05) is 26.2 Å². The summed E-state index contributed by atoms with van der Waals surface area (Å²) in [7, 11) is 0. The molecule has 5 heteroatoms. The standard InChI is InChI=1S/C16H18FN3O/c17-14-3-1-2-11(4-14)16-19-15(10-21-16)9-20-7-12-5-18-6-13(12)8-20/h1-4,10,12-13,18H,5-9H2. The van der Waals surface area contributed by atoms with Gasteiger partial charge in [0.2, 0.25) is 5.89 Å². The van der Waals surface area contributed by atoms with Crippen molar-refractivity contribution in [2.45, 2.75) is 6.54 Å². The maximum atomic E-state index is 13.2. The van der Waals surface area contributed by atoms with E-state index < -0.39 is 0 Å². The van der Waals surface area contributed by atoms with E-state index in [1.807, 2.05) is 6.07 Å². The maximum Gasteiger partial charge on any atom is 0.226 e. The highest BCUT2D eigenvalue weighted by molar-refractivity contribution is 5.52. The number of benzene rings is 1. The van der Waals surface area contributed by atoms with Crippen molar-refractivity contribution >= 4 is 0 Å². The summed E-state index contributed by atoms with van der Waals surface area (Å²) < 4.78 is 18.7. The van der Waals surface area contributed by atoms with Crippen LogP contribution in [0.5, 0.6) is 0 Å². The summed E-state index contributed by atoms with van der Waals surface area (Å²) in [5.74, 6) is 1.77. The summed E-state index contributed by atoms with van der Waals surface area (Å²) in [5.41, 5.74) is 1.60. The Kier molecular flexibility index (Phi) is 3.24. The van der Waals surface area contributed by atoms with Gasteiger partial charge in [0.1, 0.15) is 12.1 Å². The Hall–Kier alpha value is -1.72. The minimum Gasteiger partial charge on any atom is -0.444 e. The average molecular weight is 287 g/mol. The lowest BCUT2D eigenvalue weighted by Gasteiger charge is -2.14. The van der Waals surface area contributed by atoms with Crippen LogP contribution in [0.4, 0.5) is 4.39 Å². The van der Waals surface area contributed by atoms with E-state index in [-0.39, 0.29) is 5.82 Å². The van der Waals surface area contributed by atoms with Crippen LogP contribution in [0, 0.1) is 17.7 Å². The first kappa shape index (κ1) is 13.0. The molecule has 2 aliphatic heterocycles. The predicted molar refractivity (Wildman–Crippen MR) is 77.0 cm³/mol. The Labute approximate surface area is 123 Å². The number of hydrogen-bond donors (Lipinski definition) is 1. The fraction of sp³-hybridized carbons (Fsp3) is 0.438. The largest absolute Gasteiger partial charge is 0.444 e. The summed E-state index contributed by atoms with van der Waals surface area (Å²) >= 11 is 0. The zero-order valence-electron chi connectivity index (χ0n) is 11.8. The Morgan fingerprint density at radius 3 is 2.86 bits per heavy atom. The van der Waals surface area contributed by atoms with Gasteiger partial charge in [-0.3, -0.25) is 4.90 Å². The Morgan fingerprint density at radius 1 is 1.29 bits per heavy atom. The molecule has 2 fully saturated rings. The van der Waals surface area contributed by atoms with Gasteiger partial charge in [0.05, 0.1) is 5.69 Å². The summed E-state index contributed by atoms with van der Waals surface area (Å²) in [6, 6.07) is 6.35. The van der Waals surface area contributed by atoms with E-state index in [1.165, 1.54) is 12.1 Å². The lowest BCUT2D eigenvalue weighted by atomic mass is 10.0. The second-order valence-electron chi connectivity index (χ2n) is 6.03. The molecule has 0 spiro atoms. The van der Waals surface area contributed by atoms with Crippen LogP contribution in [0.25, 0.3) is 11.5 Å². The molecule has 0 amide bonds. The van der Waals surface area contributed by atoms with Crippen LogP contribution in [0.3, 0.4) is 0 Å². The van der Waals surface area contributed by atoms with Crippen molar-refractivity contribution in [1.82, 2.24) is 15.2 Å². The van der Waals surface area contributed by atoms with E-state index in [1.54, 1.807) is 12.3 Å². The first-order valence-electron chi connectivity index (χ1n) is 7.41. The van der Waals surface area contributed by atoms with Crippen molar-refractivity contribution in [3.8, 4) is 11.5 Å². The highest BCUT2D eigenvalue weighted by Crippen LogP contribution is 2.28. The van der Waals surface area contributed by atoms with Gasteiger partial charge in [-0.15, -0.1) is 0 Å². The van der Waals surface area contributed by atoms with Crippen LogP contribution in [0.15, 0.2) is 34.9 Å². The molecule has 4 rings (SSSR count). The monoisotopic (exact) mass is 287 g/mol. The number of rotatable bonds is 3. The molecular weight excluding hydrogens is 269 g/mol. The molecule has 1 aromatic heterocycles. The van der Waals surface area contributed by atoms with Gasteiger partial charge in [0.25, 0.3) is 0 Å². The smallest absolute Gasteiger partial charge is 0.226 e. The summed E-state index contributed by atoms with van der Waals surface area (Å²) in [6.07, 6.45) is 1.69. The number of likely N-dealkylation sites (tertiary alicyclic amines) is 1. The van der Waals surface area contributed by atoms with Gasteiger partial charge < -0.3 is 9.73 Å². The first-order chi connectivity index (χ1) is 10.3. The number of fused-ring (bicyclic) bond motifs is 1. The minimum absolute atomic E-state index is 0.271. The fourth-order valence-corrected chi connectivity index (χ4v) is 3.44. The molecular formula is C16H18FN3O. The normalized spacial score (nSPS) is 25.4. The van der Waals surface area contributed by atoms with Crippen molar-refractivity contribution < 1.29 is 8.81 Å². The van der Waals surface area contributed by atoms with Gasteiger partial charge in [-0.1, -0.05) is 6.07 Å². The molecule has 110 valence electrons. The molecule has 0 bridgehead atoms. The predicted octanol–water partition coefficient (Wildman–Crippen LogP) is 2.13. The first-order valence-corrected chi connectivity index (χ1v) is 7.41. The number of halogens is 1. The molecule has 21 heavy (non-hydrogen) atoms. The van der Waals surface area contributed by atoms with Crippen LogP contribution in [-0.4, -0.2) is 36.1 Å². The number of hydrogen-bond acceptors (Lipinski definition) is 4. The van der Waals surface area contributed by atoms with Crippen molar-refractivity contribution in [3.05, 3.63) is 42.0 Å². The molecule has 4 nitrogen and oxygen atoms in total. The molecule has 0 radical (unpaired) electrons. The van der Waals surface area contributed by atoms with E-state index >= 15 is 0 Å². The van der Waals surface area contributed by atoms with Crippen LogP contribution in [0.2, 0.25) is 0 Å². The van der Waals surface area contributed by atoms with Crippen LogP contribution < -0.4 is 5.32 Å². The van der Waals surface area contributed by atoms with Crippen LogP contribution in [0.1, 0.15) is 5.69 Å². The van der Waals surface area contributed by atoms with Gasteiger partial charge in [-0.05, 0) is 43.1 Å². The van der Waals surface area contributed by atoms with Gasteiger partial charge in [-0.2, -0.15) is 0 Å². The van der Waals surface area contributed by atoms with E-state index in [0.29, 0.717) is 11.5 Å². The molecule has 2 saturated heterocycles. The van der Waals surface area contributed by atoms with Gasteiger partial charge in [0.15, 0.2) is 0 Å². The third-order valence-electron chi connectivity index (χ3n) is 4.47. The molecule has 0 aliphatic carbocycles. The van der Waals surface area contributed by atoms with E-state index in [2.05, 4.69) is 15.2 Å². The Bertz CT molecular complexity index is 630. The van der Waals surface area contributed by atoms with E-state index in [0.717, 1.165) is 50.3 Å². The van der Waals surface area contributed by atoms with Crippen molar-refractivity contribution in [2.24, 2.45) is 11.8 Å². The number of aromatic nitrogens is 1. The summed E-state index contributed by atoms with van der Waals surface area (Å²) in [6.45, 7) is 5.33. The minimum atomic E-state index is -0.271. The van der Waals surface area contributed by atoms with Crippen molar-refractivity contribution in [1.29, 1.82) is 0 Å². The quantitative estimate of drug-likeness (QED) is 0.939. The van der Waals surface area contributed by atoms with Crippen molar-refractivity contribution in [3.63, 3.8) is 0 Å². The SMILES string of the molecule is Fc1cccc(-c2nc(CN3CC4CNCC4C3)co2)c1. The lowest BCUT2D eigenvalue weighted by molar-refractivity contribution is 0.302. The third kappa shape index (κ3) is 2.59. The molecule has 2 unspecified atom stereocenters. The van der Waals surface area contributed by atoms with Crippen LogP contribution >= 0.6 is 0 Å². The van der Waals surface area contributed by atoms with Gasteiger partial charge >= 0.3 is 0 Å². The molecule has 2 aliphatic rings. The number of oxazole rings is 1. The number of nitrogens with zero attached hydrogens (tertiary/aromatic N) is 2. The Balaban J connectivity index is 1.45. The zero-order chi connectivity index (χ0) is 14.2. The van der Waals surface area contributed by atoms with Gasteiger partial charge in [0, 0.05) is 25.2 Å². The number of nitrogens with one attached hydrogen (secondary N) is 1. The topological polar surface area (TPSA) is 41.3 Å². The maximum absolute atomic E-state index is 13.2. The molecule has 1 N–H and O–H groups in total. The molecule has 1 aromatic carbocycles. The lowest BCUT2D eigenvalue weighted by Crippen LogP contribution is -2.25. The summed E-state index contributed by atoms with van der Waals surface area (Å²) in [4.78, 5) is 6.92. The van der Waals surface area contributed by atoms with E-state index in [4.69, 9.17) is 4.42 Å². The zero-order valence-corrected chi connectivity index (χ0v) is 11.8. The van der Waals surface area contributed by atoms with Crippen LogP contribution in [-0.2, 0) is 6.54 Å². The third-order valence-corrected chi connectivity index (χ3v) is 4.47. The highest BCUT2D eigenvalue weighted by Gasteiger charge is 2.36. The Morgan fingerprint density at radius 2 is 2.10 bits per heavy atom.